The number of hydrogen-bond acceptors (Lipinski definition) is 4. The van der Waals surface area contributed by atoms with E-state index < -0.39 is 0 Å². The quantitative estimate of drug-likeness (QED) is 0.321. The summed E-state index contributed by atoms with van der Waals surface area (Å²) in [5.41, 5.74) is 2.65. The fraction of sp³-hybridized carbons (Fsp3) is 0. The molecule has 104 valence electrons. The van der Waals surface area contributed by atoms with Gasteiger partial charge in [0.2, 0.25) is 0 Å². The lowest BCUT2D eigenvalue weighted by molar-refractivity contribution is 0.104. The van der Waals surface area contributed by atoms with E-state index >= 15 is 0 Å². The van der Waals surface area contributed by atoms with Crippen LogP contribution in [0.1, 0.15) is 16.1 Å². The Labute approximate surface area is 144 Å². The SMILES string of the molecule is O=C(/C=C/c1csc(-c2ccsc2)n1)c1ccc(I)cc1. The van der Waals surface area contributed by atoms with Crippen molar-refractivity contribution in [1.29, 1.82) is 0 Å². The van der Waals surface area contributed by atoms with Gasteiger partial charge in [0.25, 0.3) is 0 Å². The van der Waals surface area contributed by atoms with E-state index in [1.54, 1.807) is 34.8 Å². The molecule has 1 aromatic carbocycles. The van der Waals surface area contributed by atoms with E-state index in [0.29, 0.717) is 5.56 Å². The van der Waals surface area contributed by atoms with Crippen molar-refractivity contribution in [1.82, 2.24) is 4.98 Å². The number of nitrogens with zero attached hydrogens (tertiary/aromatic N) is 1. The summed E-state index contributed by atoms with van der Waals surface area (Å²) in [6, 6.07) is 9.59. The summed E-state index contributed by atoms with van der Waals surface area (Å²) >= 11 is 5.46. The summed E-state index contributed by atoms with van der Waals surface area (Å²) in [7, 11) is 0. The molecule has 0 saturated heterocycles. The zero-order valence-electron chi connectivity index (χ0n) is 10.8. The van der Waals surface area contributed by atoms with Crippen LogP contribution in [0.25, 0.3) is 16.6 Å². The van der Waals surface area contributed by atoms with E-state index in [2.05, 4.69) is 33.0 Å². The van der Waals surface area contributed by atoms with Crippen molar-refractivity contribution in [2.45, 2.75) is 0 Å². The number of hydrogen-bond donors (Lipinski definition) is 0. The summed E-state index contributed by atoms with van der Waals surface area (Å²) in [5.74, 6) is -0.00326. The lowest BCUT2D eigenvalue weighted by Gasteiger charge is -1.95. The van der Waals surface area contributed by atoms with E-state index in [9.17, 15) is 4.79 Å². The minimum atomic E-state index is -0.00326. The standard InChI is InChI=1S/C16H10INOS2/c17-13-3-1-11(2-4-13)15(19)6-5-14-10-21-16(18-14)12-7-8-20-9-12/h1-10H/b6-5+. The molecule has 0 aliphatic heterocycles. The Morgan fingerprint density at radius 3 is 2.67 bits per heavy atom. The van der Waals surface area contributed by atoms with E-state index in [1.165, 1.54) is 0 Å². The van der Waals surface area contributed by atoms with Gasteiger partial charge in [-0.15, -0.1) is 11.3 Å². The summed E-state index contributed by atoms with van der Waals surface area (Å²) in [5, 5.41) is 7.05. The molecule has 21 heavy (non-hydrogen) atoms. The van der Waals surface area contributed by atoms with Crippen LogP contribution >= 0.6 is 45.3 Å². The molecule has 2 aromatic heterocycles. The van der Waals surface area contributed by atoms with Gasteiger partial charge in [0.1, 0.15) is 5.01 Å². The van der Waals surface area contributed by atoms with Crippen LogP contribution in [-0.2, 0) is 0 Å². The second kappa shape index (κ2) is 6.64. The van der Waals surface area contributed by atoms with Gasteiger partial charge in [-0.3, -0.25) is 4.79 Å². The first kappa shape index (κ1) is 14.6. The van der Waals surface area contributed by atoms with Crippen LogP contribution in [0.4, 0.5) is 0 Å². The molecule has 0 bridgehead atoms. The van der Waals surface area contributed by atoms with Gasteiger partial charge < -0.3 is 0 Å². The highest BCUT2D eigenvalue weighted by atomic mass is 127. The molecule has 0 amide bonds. The number of rotatable bonds is 4. The third-order valence-electron chi connectivity index (χ3n) is 2.82. The minimum absolute atomic E-state index is 0.00326. The summed E-state index contributed by atoms with van der Waals surface area (Å²) in [4.78, 5) is 16.6. The largest absolute Gasteiger partial charge is 0.289 e. The second-order valence-corrected chi connectivity index (χ2v) is 7.18. The number of carbonyl (C=O) groups is 1. The van der Waals surface area contributed by atoms with Crippen molar-refractivity contribution in [2.24, 2.45) is 0 Å². The molecular formula is C16H10INOS2. The molecule has 0 N–H and O–H groups in total. The Morgan fingerprint density at radius 1 is 1.14 bits per heavy atom. The molecule has 5 heteroatoms. The molecule has 0 fully saturated rings. The van der Waals surface area contributed by atoms with Gasteiger partial charge in [0, 0.05) is 25.5 Å². The van der Waals surface area contributed by atoms with Crippen molar-refractivity contribution >= 4 is 57.1 Å². The molecule has 0 atom stereocenters. The van der Waals surface area contributed by atoms with E-state index in [1.807, 2.05) is 41.1 Å². The molecule has 3 aromatic rings. The van der Waals surface area contributed by atoms with Gasteiger partial charge >= 0.3 is 0 Å². The lowest BCUT2D eigenvalue weighted by atomic mass is 10.1. The molecule has 0 radical (unpaired) electrons. The Hall–Kier alpha value is -1.31. The third-order valence-corrected chi connectivity index (χ3v) is 5.14. The fourth-order valence-electron chi connectivity index (χ4n) is 1.75. The Bertz CT molecular complexity index is 773. The van der Waals surface area contributed by atoms with Gasteiger partial charge in [0.05, 0.1) is 5.69 Å². The zero-order chi connectivity index (χ0) is 14.7. The summed E-state index contributed by atoms with van der Waals surface area (Å²) in [6.45, 7) is 0. The van der Waals surface area contributed by atoms with E-state index in [0.717, 1.165) is 19.8 Å². The Kier molecular flexibility index (Phi) is 4.62. The lowest BCUT2D eigenvalue weighted by Crippen LogP contribution is -1.93. The number of aromatic nitrogens is 1. The highest BCUT2D eigenvalue weighted by Gasteiger charge is 2.04. The highest BCUT2D eigenvalue weighted by molar-refractivity contribution is 14.1. The predicted molar refractivity (Wildman–Crippen MR) is 98.0 cm³/mol. The molecule has 2 heterocycles. The summed E-state index contributed by atoms with van der Waals surface area (Å²) < 4.78 is 1.12. The minimum Gasteiger partial charge on any atom is -0.289 e. The van der Waals surface area contributed by atoms with Gasteiger partial charge in [-0.25, -0.2) is 4.98 Å². The van der Waals surface area contributed by atoms with Gasteiger partial charge in [-0.2, -0.15) is 11.3 Å². The Balaban J connectivity index is 1.74. The van der Waals surface area contributed by atoms with Crippen molar-refractivity contribution < 1.29 is 4.79 Å². The first-order valence-corrected chi connectivity index (χ1v) is 9.08. The van der Waals surface area contributed by atoms with Crippen LogP contribution in [0.2, 0.25) is 0 Å². The molecule has 0 unspecified atom stereocenters. The molecular weight excluding hydrogens is 413 g/mol. The molecule has 0 spiro atoms. The van der Waals surface area contributed by atoms with Crippen molar-refractivity contribution in [2.75, 3.05) is 0 Å². The van der Waals surface area contributed by atoms with Gasteiger partial charge in [0.15, 0.2) is 5.78 Å². The molecule has 2 nitrogen and oxygen atoms in total. The van der Waals surface area contributed by atoms with Crippen LogP contribution in [-0.4, -0.2) is 10.8 Å². The van der Waals surface area contributed by atoms with E-state index in [-0.39, 0.29) is 5.78 Å². The maximum atomic E-state index is 12.1. The van der Waals surface area contributed by atoms with E-state index in [4.69, 9.17) is 0 Å². The average Bonchev–Trinajstić information content (AvgIpc) is 3.16. The predicted octanol–water partition coefficient (Wildman–Crippen LogP) is 5.37. The maximum absolute atomic E-state index is 12.1. The molecule has 3 rings (SSSR count). The zero-order valence-corrected chi connectivity index (χ0v) is 14.6. The number of allylic oxidation sites excluding steroid dienone is 1. The highest BCUT2D eigenvalue weighted by Crippen LogP contribution is 2.26. The smallest absolute Gasteiger partial charge is 0.185 e. The molecule has 0 saturated carbocycles. The van der Waals surface area contributed by atoms with Crippen LogP contribution in [0, 0.1) is 3.57 Å². The second-order valence-electron chi connectivity index (χ2n) is 4.29. The average molecular weight is 423 g/mol. The van der Waals surface area contributed by atoms with Crippen molar-refractivity contribution in [3.8, 4) is 10.6 Å². The number of carbonyl (C=O) groups excluding carboxylic acids is 1. The van der Waals surface area contributed by atoms with Crippen molar-refractivity contribution in [3.63, 3.8) is 0 Å². The first-order chi connectivity index (χ1) is 10.2. The summed E-state index contributed by atoms with van der Waals surface area (Å²) in [6.07, 6.45) is 3.35. The molecule has 0 aliphatic rings. The topological polar surface area (TPSA) is 30.0 Å². The van der Waals surface area contributed by atoms with Crippen LogP contribution in [0.3, 0.4) is 0 Å². The third kappa shape index (κ3) is 3.66. The van der Waals surface area contributed by atoms with Crippen LogP contribution in [0.5, 0.6) is 0 Å². The Morgan fingerprint density at radius 2 is 1.95 bits per heavy atom. The van der Waals surface area contributed by atoms with Crippen LogP contribution < -0.4 is 0 Å². The number of thiazole rings is 1. The number of ketones is 1. The normalized spacial score (nSPS) is 11.1. The number of thiophene rings is 1. The maximum Gasteiger partial charge on any atom is 0.185 e. The first-order valence-electron chi connectivity index (χ1n) is 6.18. The van der Waals surface area contributed by atoms with Gasteiger partial charge in [-0.05, 0) is 58.3 Å². The monoisotopic (exact) mass is 423 g/mol. The van der Waals surface area contributed by atoms with Gasteiger partial charge in [-0.1, -0.05) is 12.1 Å². The van der Waals surface area contributed by atoms with Crippen LogP contribution in [0.15, 0.2) is 52.5 Å². The molecule has 0 aliphatic carbocycles. The van der Waals surface area contributed by atoms with Crippen molar-refractivity contribution in [3.05, 3.63) is 67.4 Å². The number of halogens is 1. The number of benzene rings is 1. The fourth-order valence-corrected chi connectivity index (χ4v) is 3.61.